The van der Waals surface area contributed by atoms with E-state index in [1.54, 1.807) is 50.2 Å². The van der Waals surface area contributed by atoms with Gasteiger partial charge in [0.15, 0.2) is 0 Å². The maximum Gasteiger partial charge on any atom is 0.294 e. The van der Waals surface area contributed by atoms with Crippen LogP contribution in [0.2, 0.25) is 5.02 Å². The third-order valence-electron chi connectivity index (χ3n) is 4.70. The van der Waals surface area contributed by atoms with Crippen molar-refractivity contribution in [3.05, 3.63) is 71.0 Å². The smallest absolute Gasteiger partial charge is 0.294 e. The quantitative estimate of drug-likeness (QED) is 0.592. The average Bonchev–Trinajstić information content (AvgIpc) is 3.13. The number of carbonyl (C=O) groups excluding carboxylic acids is 2. The normalized spacial score (nSPS) is 11.8. The largest absolute Gasteiger partial charge is 0.324 e. The van der Waals surface area contributed by atoms with Crippen molar-refractivity contribution in [2.24, 2.45) is 0 Å². The van der Waals surface area contributed by atoms with Gasteiger partial charge in [-0.05, 0) is 62.7 Å². The first-order valence-corrected chi connectivity index (χ1v) is 10.2. The number of amides is 2. The molecule has 9 heteroatoms. The second kappa shape index (κ2) is 9.70. The first-order chi connectivity index (χ1) is 14.8. The van der Waals surface area contributed by atoms with E-state index in [-0.39, 0.29) is 17.5 Å². The molecular weight excluding hydrogens is 421 g/mol. The third kappa shape index (κ3) is 5.27. The lowest BCUT2D eigenvalue weighted by molar-refractivity contribution is -0.120. The van der Waals surface area contributed by atoms with Gasteiger partial charge in [-0.3, -0.25) is 9.59 Å². The molecule has 0 aliphatic carbocycles. The third-order valence-corrected chi connectivity index (χ3v) is 4.93. The van der Waals surface area contributed by atoms with Crippen LogP contribution in [-0.2, 0) is 4.79 Å². The molecule has 7 nitrogen and oxygen atoms in total. The van der Waals surface area contributed by atoms with Crippen LogP contribution >= 0.6 is 11.6 Å². The van der Waals surface area contributed by atoms with E-state index in [4.69, 9.17) is 11.6 Å². The molecule has 3 rings (SSSR count). The van der Waals surface area contributed by atoms with Crippen LogP contribution in [0.3, 0.4) is 0 Å². The number of benzene rings is 2. The van der Waals surface area contributed by atoms with Crippen LogP contribution in [0.25, 0.3) is 5.69 Å². The summed E-state index contributed by atoms with van der Waals surface area (Å²) in [6, 6.07) is 11.8. The molecule has 1 unspecified atom stereocenters. The Morgan fingerprint density at radius 1 is 1.23 bits per heavy atom. The highest BCUT2D eigenvalue weighted by Gasteiger charge is 2.29. The summed E-state index contributed by atoms with van der Waals surface area (Å²) in [7, 11) is 0. The molecule has 1 heterocycles. The zero-order chi connectivity index (χ0) is 22.5. The molecule has 1 atom stereocenters. The Balaban J connectivity index is 1.82. The van der Waals surface area contributed by atoms with Crippen LogP contribution in [0.1, 0.15) is 36.7 Å². The first kappa shape index (κ1) is 22.4. The fourth-order valence-corrected chi connectivity index (χ4v) is 3.29. The summed E-state index contributed by atoms with van der Waals surface area (Å²) in [5.41, 5.74) is 1.13. The van der Waals surface area contributed by atoms with Crippen LogP contribution < -0.4 is 5.32 Å². The van der Waals surface area contributed by atoms with E-state index >= 15 is 0 Å². The minimum absolute atomic E-state index is 0.0299. The Morgan fingerprint density at radius 3 is 2.58 bits per heavy atom. The number of nitrogens with zero attached hydrogens (tertiary/aromatic N) is 4. The lowest BCUT2D eigenvalue weighted by atomic mass is 10.2. The van der Waals surface area contributed by atoms with Gasteiger partial charge in [0.1, 0.15) is 17.7 Å². The van der Waals surface area contributed by atoms with Crippen molar-refractivity contribution in [2.75, 3.05) is 11.9 Å². The molecule has 0 aliphatic heterocycles. The molecule has 3 aromatic rings. The predicted molar refractivity (Wildman–Crippen MR) is 117 cm³/mol. The standard InChI is InChI=1S/C22H23ClFN5O2/c1-4-12-28(14(2)21(30)26-18-7-5-6-16(23)13-18)22(31)20-25-15(3)29(27-20)19-10-8-17(24)9-11-19/h5-11,13-14H,4,12H2,1-3H3,(H,26,30). The fourth-order valence-electron chi connectivity index (χ4n) is 3.10. The van der Waals surface area contributed by atoms with Gasteiger partial charge in [0.05, 0.1) is 5.69 Å². The summed E-state index contributed by atoms with van der Waals surface area (Å²) in [5.74, 6) is -0.732. The maximum atomic E-state index is 13.2. The minimum Gasteiger partial charge on any atom is -0.324 e. The highest BCUT2D eigenvalue weighted by atomic mass is 35.5. The number of aryl methyl sites for hydroxylation is 1. The number of anilines is 1. The number of nitrogens with one attached hydrogen (secondary N) is 1. The predicted octanol–water partition coefficient (Wildman–Crippen LogP) is 4.25. The Hall–Kier alpha value is -3.26. The van der Waals surface area contributed by atoms with E-state index in [1.807, 2.05) is 6.92 Å². The molecule has 2 amide bonds. The summed E-state index contributed by atoms with van der Waals surface area (Å²) < 4.78 is 14.7. The van der Waals surface area contributed by atoms with Crippen molar-refractivity contribution in [1.82, 2.24) is 19.7 Å². The Morgan fingerprint density at radius 2 is 1.94 bits per heavy atom. The van der Waals surface area contributed by atoms with Gasteiger partial charge in [-0.15, -0.1) is 5.10 Å². The zero-order valence-electron chi connectivity index (χ0n) is 17.5. The van der Waals surface area contributed by atoms with Gasteiger partial charge in [0.2, 0.25) is 11.7 Å². The van der Waals surface area contributed by atoms with E-state index in [2.05, 4.69) is 15.4 Å². The van der Waals surface area contributed by atoms with Crippen LogP contribution in [0.4, 0.5) is 10.1 Å². The van der Waals surface area contributed by atoms with Crippen LogP contribution in [0, 0.1) is 12.7 Å². The summed E-state index contributed by atoms with van der Waals surface area (Å²) in [6.45, 7) is 5.62. The summed E-state index contributed by atoms with van der Waals surface area (Å²) in [6.07, 6.45) is 0.651. The van der Waals surface area contributed by atoms with Gasteiger partial charge >= 0.3 is 0 Å². The van der Waals surface area contributed by atoms with E-state index in [0.717, 1.165) is 0 Å². The van der Waals surface area contributed by atoms with Crippen molar-refractivity contribution in [1.29, 1.82) is 0 Å². The fraction of sp³-hybridized carbons (Fsp3) is 0.273. The SMILES string of the molecule is CCCN(C(=O)c1nc(C)n(-c2ccc(F)cc2)n1)C(C)C(=O)Nc1cccc(Cl)c1. The van der Waals surface area contributed by atoms with Crippen molar-refractivity contribution >= 4 is 29.1 Å². The zero-order valence-corrected chi connectivity index (χ0v) is 18.2. The number of aromatic nitrogens is 3. The molecule has 0 saturated carbocycles. The molecule has 0 spiro atoms. The van der Waals surface area contributed by atoms with Crippen LogP contribution in [0.5, 0.6) is 0 Å². The van der Waals surface area contributed by atoms with Crippen LogP contribution in [0.15, 0.2) is 48.5 Å². The Bertz CT molecular complexity index is 1080. The van der Waals surface area contributed by atoms with Crippen LogP contribution in [-0.4, -0.2) is 44.1 Å². The second-order valence-electron chi connectivity index (χ2n) is 7.04. The topological polar surface area (TPSA) is 80.1 Å². The van der Waals surface area contributed by atoms with Gasteiger partial charge in [0.25, 0.3) is 5.91 Å². The van der Waals surface area contributed by atoms with Gasteiger partial charge in [-0.2, -0.15) is 0 Å². The molecule has 1 N–H and O–H groups in total. The maximum absolute atomic E-state index is 13.2. The number of hydrogen-bond acceptors (Lipinski definition) is 4. The molecule has 0 aliphatic rings. The van der Waals surface area contributed by atoms with E-state index < -0.39 is 11.9 Å². The number of rotatable bonds is 7. The minimum atomic E-state index is -0.760. The highest BCUT2D eigenvalue weighted by molar-refractivity contribution is 6.30. The van der Waals surface area contributed by atoms with Gasteiger partial charge < -0.3 is 10.2 Å². The summed E-state index contributed by atoms with van der Waals surface area (Å²) >= 11 is 5.97. The van der Waals surface area contributed by atoms with Crippen molar-refractivity contribution in [3.8, 4) is 5.69 Å². The van der Waals surface area contributed by atoms with E-state index in [9.17, 15) is 14.0 Å². The van der Waals surface area contributed by atoms with Gasteiger partial charge in [-0.1, -0.05) is 24.6 Å². The first-order valence-electron chi connectivity index (χ1n) is 9.87. The Labute approximate surface area is 184 Å². The average molecular weight is 444 g/mol. The lowest BCUT2D eigenvalue weighted by Crippen LogP contribution is -2.46. The number of halogens is 2. The van der Waals surface area contributed by atoms with Crippen molar-refractivity contribution < 1.29 is 14.0 Å². The van der Waals surface area contributed by atoms with Crippen molar-refractivity contribution in [2.45, 2.75) is 33.2 Å². The molecule has 2 aromatic carbocycles. The van der Waals surface area contributed by atoms with E-state index in [1.165, 1.54) is 21.7 Å². The Kier molecular flexibility index (Phi) is 7.02. The number of hydrogen-bond donors (Lipinski definition) is 1. The molecule has 31 heavy (non-hydrogen) atoms. The second-order valence-corrected chi connectivity index (χ2v) is 7.48. The molecule has 0 radical (unpaired) electrons. The molecule has 1 aromatic heterocycles. The van der Waals surface area contributed by atoms with Gasteiger partial charge in [0, 0.05) is 17.3 Å². The highest BCUT2D eigenvalue weighted by Crippen LogP contribution is 2.17. The molecule has 162 valence electrons. The van der Waals surface area contributed by atoms with Gasteiger partial charge in [-0.25, -0.2) is 14.1 Å². The van der Waals surface area contributed by atoms with Crippen molar-refractivity contribution in [3.63, 3.8) is 0 Å². The summed E-state index contributed by atoms with van der Waals surface area (Å²) in [5, 5.41) is 7.57. The monoisotopic (exact) mass is 443 g/mol. The number of carbonyl (C=O) groups is 2. The molecule has 0 saturated heterocycles. The molecule has 0 fully saturated rings. The molecular formula is C22H23ClFN5O2. The molecule has 0 bridgehead atoms. The van der Waals surface area contributed by atoms with E-state index in [0.29, 0.717) is 35.2 Å². The summed E-state index contributed by atoms with van der Waals surface area (Å²) in [4.78, 5) is 31.6. The lowest BCUT2D eigenvalue weighted by Gasteiger charge is -2.27.